The molecular formula is C34H46N4O. The highest BCUT2D eigenvalue weighted by Crippen LogP contribution is 2.48. The molecule has 2 unspecified atom stereocenters. The zero-order valence-electron chi connectivity index (χ0n) is 23.6. The standard InChI is InChI=1S/C34H46N4O/c39-32(23-26-15-7-3-1-4-8-16-26)37-25-28-19-11-12-20-29(28)34-33(30-21-13-14-22-31(30)37)35-36-38(34)24-27-17-9-5-2-6-10-18-27/h11-14,19-22,26-27,33-34H,1-10,15-18,23-25H2. The van der Waals surface area contributed by atoms with Gasteiger partial charge in [-0.25, -0.2) is 0 Å². The molecule has 2 heterocycles. The summed E-state index contributed by atoms with van der Waals surface area (Å²) in [5.74, 6) is 1.45. The molecule has 0 N–H and O–H groups in total. The lowest BCUT2D eigenvalue weighted by Crippen LogP contribution is -2.37. The molecule has 2 aromatic rings. The molecule has 5 nitrogen and oxygen atoms in total. The third-order valence-electron chi connectivity index (χ3n) is 9.82. The molecule has 2 atom stereocenters. The van der Waals surface area contributed by atoms with Crippen LogP contribution in [0.4, 0.5) is 5.69 Å². The van der Waals surface area contributed by atoms with Crippen molar-refractivity contribution in [3.63, 3.8) is 0 Å². The molecule has 4 aliphatic rings. The van der Waals surface area contributed by atoms with E-state index >= 15 is 0 Å². The smallest absolute Gasteiger partial charge is 0.227 e. The van der Waals surface area contributed by atoms with Gasteiger partial charge in [-0.15, -0.1) is 0 Å². The summed E-state index contributed by atoms with van der Waals surface area (Å²) in [5, 5.41) is 12.1. The number of carbonyl (C=O) groups excluding carboxylic acids is 1. The minimum Gasteiger partial charge on any atom is -0.308 e. The van der Waals surface area contributed by atoms with E-state index in [1.807, 2.05) is 0 Å². The molecule has 0 spiro atoms. The van der Waals surface area contributed by atoms with Gasteiger partial charge < -0.3 is 4.90 Å². The van der Waals surface area contributed by atoms with Crippen molar-refractivity contribution in [2.75, 3.05) is 11.4 Å². The number of rotatable bonds is 4. The van der Waals surface area contributed by atoms with Gasteiger partial charge in [0, 0.05) is 24.2 Å². The van der Waals surface area contributed by atoms with Crippen LogP contribution in [-0.2, 0) is 11.3 Å². The van der Waals surface area contributed by atoms with Crippen molar-refractivity contribution in [3.8, 4) is 0 Å². The van der Waals surface area contributed by atoms with Crippen molar-refractivity contribution < 1.29 is 4.79 Å². The molecule has 0 bridgehead atoms. The van der Waals surface area contributed by atoms with Gasteiger partial charge in [0.15, 0.2) is 0 Å². The van der Waals surface area contributed by atoms with Crippen LogP contribution in [0.25, 0.3) is 0 Å². The summed E-state index contributed by atoms with van der Waals surface area (Å²) < 4.78 is 0. The first-order chi connectivity index (χ1) is 19.3. The fourth-order valence-electron chi connectivity index (χ4n) is 7.63. The molecule has 39 heavy (non-hydrogen) atoms. The minimum atomic E-state index is -0.0899. The SMILES string of the molecule is O=C(CC1CCCCCCC1)N1Cc2ccccc2C2C(N=NN2CC2CCCCCCC2)c2ccccc21. The van der Waals surface area contributed by atoms with Crippen LogP contribution < -0.4 is 4.90 Å². The zero-order chi connectivity index (χ0) is 26.4. The fraction of sp³-hybridized carbons (Fsp3) is 0.618. The topological polar surface area (TPSA) is 48.3 Å². The Morgan fingerprint density at radius 3 is 2.03 bits per heavy atom. The summed E-state index contributed by atoms with van der Waals surface area (Å²) in [6.45, 7) is 1.60. The summed E-state index contributed by atoms with van der Waals surface area (Å²) >= 11 is 0. The van der Waals surface area contributed by atoms with Crippen molar-refractivity contribution in [2.24, 2.45) is 22.2 Å². The van der Waals surface area contributed by atoms with Gasteiger partial charge in [0.25, 0.3) is 0 Å². The predicted octanol–water partition coefficient (Wildman–Crippen LogP) is 9.11. The number of amides is 1. The second kappa shape index (κ2) is 12.7. The van der Waals surface area contributed by atoms with E-state index in [2.05, 4.69) is 58.4 Å². The first-order valence-electron chi connectivity index (χ1n) is 15.9. The van der Waals surface area contributed by atoms with Gasteiger partial charge in [-0.1, -0.05) is 112 Å². The van der Waals surface area contributed by atoms with E-state index in [-0.39, 0.29) is 18.0 Å². The quantitative estimate of drug-likeness (QED) is 0.399. The van der Waals surface area contributed by atoms with Crippen molar-refractivity contribution >= 4 is 11.6 Å². The number of carbonyl (C=O) groups is 1. The van der Waals surface area contributed by atoms with Crippen LogP contribution in [0.3, 0.4) is 0 Å². The lowest BCUT2D eigenvalue weighted by molar-refractivity contribution is -0.119. The van der Waals surface area contributed by atoms with Crippen LogP contribution in [0.15, 0.2) is 58.9 Å². The largest absolute Gasteiger partial charge is 0.308 e. The molecule has 2 aliphatic heterocycles. The highest BCUT2D eigenvalue weighted by atomic mass is 16.2. The van der Waals surface area contributed by atoms with Crippen molar-refractivity contribution in [1.29, 1.82) is 0 Å². The van der Waals surface area contributed by atoms with Gasteiger partial charge in [0.1, 0.15) is 12.1 Å². The molecular weight excluding hydrogens is 480 g/mol. The zero-order valence-corrected chi connectivity index (χ0v) is 23.6. The number of nitrogens with zero attached hydrogens (tertiary/aromatic N) is 4. The van der Waals surface area contributed by atoms with E-state index in [0.29, 0.717) is 24.8 Å². The Hall–Kier alpha value is -2.69. The summed E-state index contributed by atoms with van der Waals surface area (Å²) in [4.78, 5) is 16.1. The summed E-state index contributed by atoms with van der Waals surface area (Å²) in [7, 11) is 0. The first kappa shape index (κ1) is 26.5. The molecule has 0 aromatic heterocycles. The van der Waals surface area contributed by atoms with E-state index < -0.39 is 0 Å². The molecule has 5 heteroatoms. The maximum Gasteiger partial charge on any atom is 0.227 e. The minimum absolute atomic E-state index is 0.0899. The lowest BCUT2D eigenvalue weighted by Gasteiger charge is -2.36. The second-order valence-electron chi connectivity index (χ2n) is 12.6. The molecule has 6 rings (SSSR count). The number of fused-ring (bicyclic) bond motifs is 5. The van der Waals surface area contributed by atoms with Crippen LogP contribution in [0, 0.1) is 11.8 Å². The third-order valence-corrected chi connectivity index (χ3v) is 9.82. The molecule has 0 radical (unpaired) electrons. The Morgan fingerprint density at radius 2 is 1.31 bits per heavy atom. The monoisotopic (exact) mass is 526 g/mol. The van der Waals surface area contributed by atoms with Gasteiger partial charge >= 0.3 is 0 Å². The highest BCUT2D eigenvalue weighted by Gasteiger charge is 2.41. The van der Waals surface area contributed by atoms with Gasteiger partial charge in [0.2, 0.25) is 5.91 Å². The van der Waals surface area contributed by atoms with Gasteiger partial charge in [0.05, 0.1) is 6.54 Å². The van der Waals surface area contributed by atoms with E-state index in [0.717, 1.165) is 17.8 Å². The number of anilines is 1. The van der Waals surface area contributed by atoms with Crippen LogP contribution in [0.5, 0.6) is 0 Å². The number of para-hydroxylation sites is 1. The number of hydrogen-bond acceptors (Lipinski definition) is 4. The average Bonchev–Trinajstić information content (AvgIpc) is 3.32. The van der Waals surface area contributed by atoms with Crippen molar-refractivity contribution in [1.82, 2.24) is 5.01 Å². The molecule has 0 saturated heterocycles. The first-order valence-corrected chi connectivity index (χ1v) is 15.9. The van der Waals surface area contributed by atoms with Gasteiger partial charge in [-0.2, -0.15) is 5.11 Å². The lowest BCUT2D eigenvalue weighted by atomic mass is 9.85. The van der Waals surface area contributed by atoms with E-state index in [9.17, 15) is 4.79 Å². The third kappa shape index (κ3) is 6.07. The number of benzene rings is 2. The average molecular weight is 527 g/mol. The van der Waals surface area contributed by atoms with Gasteiger partial charge in [-0.05, 0) is 54.7 Å². The van der Waals surface area contributed by atoms with Crippen molar-refractivity contribution in [2.45, 2.75) is 115 Å². The van der Waals surface area contributed by atoms with Crippen molar-refractivity contribution in [3.05, 3.63) is 65.2 Å². The fourth-order valence-corrected chi connectivity index (χ4v) is 7.63. The summed E-state index contributed by atoms with van der Waals surface area (Å²) in [6.07, 6.45) is 18.9. The summed E-state index contributed by atoms with van der Waals surface area (Å²) in [6, 6.07) is 17.3. The molecule has 2 aliphatic carbocycles. The highest BCUT2D eigenvalue weighted by molar-refractivity contribution is 5.94. The predicted molar refractivity (Wildman–Crippen MR) is 157 cm³/mol. The molecule has 1 amide bonds. The maximum absolute atomic E-state index is 14.0. The maximum atomic E-state index is 14.0. The normalized spacial score (nSPS) is 24.8. The van der Waals surface area contributed by atoms with Crippen LogP contribution in [0.1, 0.15) is 125 Å². The van der Waals surface area contributed by atoms with E-state index in [1.165, 1.54) is 101 Å². The summed E-state index contributed by atoms with van der Waals surface area (Å²) in [5.41, 5.74) is 4.70. The molecule has 2 saturated carbocycles. The Kier molecular flexibility index (Phi) is 8.61. The Morgan fingerprint density at radius 1 is 0.718 bits per heavy atom. The molecule has 208 valence electrons. The van der Waals surface area contributed by atoms with Crippen LogP contribution in [0.2, 0.25) is 0 Å². The molecule has 2 aromatic carbocycles. The van der Waals surface area contributed by atoms with Crippen LogP contribution in [-0.4, -0.2) is 17.5 Å². The Labute approximate surface area is 235 Å². The van der Waals surface area contributed by atoms with Gasteiger partial charge in [-0.3, -0.25) is 9.80 Å². The van der Waals surface area contributed by atoms with E-state index in [1.54, 1.807) is 0 Å². The van der Waals surface area contributed by atoms with E-state index in [4.69, 9.17) is 10.3 Å². The van der Waals surface area contributed by atoms with Crippen LogP contribution >= 0.6 is 0 Å². The second-order valence-corrected chi connectivity index (χ2v) is 12.6. The Bertz CT molecular complexity index is 1130. The molecule has 2 fully saturated rings. The number of hydrogen-bond donors (Lipinski definition) is 0. The Balaban J connectivity index is 1.30.